The summed E-state index contributed by atoms with van der Waals surface area (Å²) in [6.07, 6.45) is -0.307. The molecule has 2 atom stereocenters. The highest BCUT2D eigenvalue weighted by molar-refractivity contribution is 5.74. The number of piperidine rings is 1. The molecule has 4 rings (SSSR count). The van der Waals surface area contributed by atoms with Crippen molar-refractivity contribution >= 4 is 11.9 Å². The van der Waals surface area contributed by atoms with Crippen LogP contribution in [-0.2, 0) is 10.3 Å². The molecule has 28 heavy (non-hydrogen) atoms. The summed E-state index contributed by atoms with van der Waals surface area (Å²) >= 11 is 0. The predicted molar refractivity (Wildman–Crippen MR) is 105 cm³/mol. The molecule has 1 aliphatic heterocycles. The zero-order valence-corrected chi connectivity index (χ0v) is 15.6. The Hall–Kier alpha value is -3.19. The molecular weight excluding hydrogens is 356 g/mol. The Morgan fingerprint density at radius 2 is 1.86 bits per heavy atom. The zero-order valence-electron chi connectivity index (χ0n) is 15.6. The smallest absolute Gasteiger partial charge is 0.266 e. The van der Waals surface area contributed by atoms with Gasteiger partial charge in [0.2, 0.25) is 5.91 Å². The maximum absolute atomic E-state index is 11.9. The predicted octanol–water partition coefficient (Wildman–Crippen LogP) is 2.34. The summed E-state index contributed by atoms with van der Waals surface area (Å²) in [7, 11) is 0. The molecule has 2 N–H and O–H groups in total. The molecule has 0 spiro atoms. The average molecular weight is 378 g/mol. The summed E-state index contributed by atoms with van der Waals surface area (Å²) in [6.45, 7) is 2.32. The quantitative estimate of drug-likeness (QED) is 0.724. The lowest BCUT2D eigenvalue weighted by Gasteiger charge is -2.45. The number of carbonyl (C=O) groups excluding carboxylic acids is 1. The third-order valence-electron chi connectivity index (χ3n) is 5.15. The zero-order chi connectivity index (χ0) is 19.6. The highest BCUT2D eigenvalue weighted by Crippen LogP contribution is 2.35. The first-order chi connectivity index (χ1) is 13.6. The Bertz CT molecular complexity index is 945. The van der Waals surface area contributed by atoms with Crippen LogP contribution in [0, 0.1) is 0 Å². The van der Waals surface area contributed by atoms with Crippen LogP contribution >= 0.6 is 0 Å². The minimum atomic E-state index is -0.838. The Balaban J connectivity index is 1.58. The molecule has 7 nitrogen and oxygen atoms in total. The molecule has 0 aliphatic carbocycles. The van der Waals surface area contributed by atoms with Crippen molar-refractivity contribution in [1.29, 1.82) is 0 Å². The average Bonchev–Trinajstić information content (AvgIpc) is 3.21. The van der Waals surface area contributed by atoms with Crippen molar-refractivity contribution in [2.24, 2.45) is 0 Å². The number of hydrogen-bond donors (Lipinski definition) is 2. The molecule has 2 aromatic carbocycles. The van der Waals surface area contributed by atoms with E-state index < -0.39 is 11.6 Å². The lowest BCUT2D eigenvalue weighted by molar-refractivity contribution is -0.123. The van der Waals surface area contributed by atoms with Crippen molar-refractivity contribution in [2.75, 3.05) is 18.0 Å². The second-order valence-electron chi connectivity index (χ2n) is 7.00. The summed E-state index contributed by atoms with van der Waals surface area (Å²) in [5, 5.41) is 18.1. The molecule has 0 saturated carbocycles. The molecule has 0 bridgehead atoms. The van der Waals surface area contributed by atoms with Crippen LogP contribution in [0.25, 0.3) is 11.5 Å². The summed E-state index contributed by atoms with van der Waals surface area (Å²) in [5.41, 5.74) is 0.890. The lowest BCUT2D eigenvalue weighted by atomic mass is 9.78. The fraction of sp³-hybridized carbons (Fsp3) is 0.286. The van der Waals surface area contributed by atoms with Gasteiger partial charge in [-0.25, -0.2) is 0 Å². The molecule has 0 unspecified atom stereocenters. The van der Waals surface area contributed by atoms with Crippen molar-refractivity contribution < 1.29 is 14.4 Å². The van der Waals surface area contributed by atoms with E-state index in [1.165, 1.54) is 6.92 Å². The van der Waals surface area contributed by atoms with Gasteiger partial charge in [0.25, 0.3) is 11.8 Å². The third-order valence-corrected chi connectivity index (χ3v) is 5.15. The van der Waals surface area contributed by atoms with Crippen molar-refractivity contribution in [3.8, 4) is 11.5 Å². The number of benzene rings is 2. The van der Waals surface area contributed by atoms with E-state index >= 15 is 0 Å². The van der Waals surface area contributed by atoms with Crippen LogP contribution in [0.1, 0.15) is 18.9 Å². The van der Waals surface area contributed by atoms with Crippen LogP contribution in [0.3, 0.4) is 0 Å². The number of aliphatic hydroxyl groups is 1. The SMILES string of the molecule is CC(=O)N[C@]1(c2ccccc2)CCN(c2noc(-c3ccccc3)n2)C[C@H]1O. The van der Waals surface area contributed by atoms with Crippen LogP contribution < -0.4 is 10.2 Å². The van der Waals surface area contributed by atoms with Crippen molar-refractivity contribution in [3.63, 3.8) is 0 Å². The first-order valence-electron chi connectivity index (χ1n) is 9.25. The van der Waals surface area contributed by atoms with E-state index in [-0.39, 0.29) is 12.5 Å². The maximum Gasteiger partial charge on any atom is 0.266 e. The van der Waals surface area contributed by atoms with Crippen molar-refractivity contribution in [2.45, 2.75) is 25.0 Å². The number of nitrogens with one attached hydrogen (secondary N) is 1. The number of aliphatic hydroxyl groups excluding tert-OH is 1. The van der Waals surface area contributed by atoms with E-state index in [0.29, 0.717) is 24.8 Å². The van der Waals surface area contributed by atoms with Gasteiger partial charge in [-0.15, -0.1) is 0 Å². The Morgan fingerprint density at radius 1 is 1.18 bits per heavy atom. The van der Waals surface area contributed by atoms with Crippen molar-refractivity contribution in [3.05, 3.63) is 66.2 Å². The van der Waals surface area contributed by atoms with Gasteiger partial charge in [0, 0.05) is 25.6 Å². The van der Waals surface area contributed by atoms with E-state index in [9.17, 15) is 9.90 Å². The Labute approximate surface area is 163 Å². The van der Waals surface area contributed by atoms with E-state index in [4.69, 9.17) is 4.52 Å². The van der Waals surface area contributed by atoms with Crippen LogP contribution in [0.4, 0.5) is 5.95 Å². The Kier molecular flexibility index (Phi) is 4.83. The molecule has 1 aromatic heterocycles. The molecule has 3 aromatic rings. The summed E-state index contributed by atoms with van der Waals surface area (Å²) < 4.78 is 5.39. The van der Waals surface area contributed by atoms with Crippen LogP contribution in [0.2, 0.25) is 0 Å². The van der Waals surface area contributed by atoms with Gasteiger partial charge in [0.1, 0.15) is 0 Å². The molecule has 144 valence electrons. The van der Waals surface area contributed by atoms with Crippen LogP contribution in [-0.4, -0.2) is 40.3 Å². The number of amides is 1. The van der Waals surface area contributed by atoms with Gasteiger partial charge in [0.15, 0.2) is 0 Å². The van der Waals surface area contributed by atoms with Crippen LogP contribution in [0.5, 0.6) is 0 Å². The van der Waals surface area contributed by atoms with Crippen LogP contribution in [0.15, 0.2) is 65.2 Å². The second kappa shape index (κ2) is 7.44. The number of β-amino-alcohol motifs (C(OH)–C–C–N with tert-alkyl or cyclic N) is 1. The molecule has 1 saturated heterocycles. The van der Waals surface area contributed by atoms with Crippen molar-refractivity contribution in [1.82, 2.24) is 15.5 Å². The van der Waals surface area contributed by atoms with Gasteiger partial charge in [-0.2, -0.15) is 4.98 Å². The molecule has 1 fully saturated rings. The lowest BCUT2D eigenvalue weighted by Crippen LogP contribution is -2.62. The minimum absolute atomic E-state index is 0.178. The van der Waals surface area contributed by atoms with Gasteiger partial charge in [-0.1, -0.05) is 48.5 Å². The number of aromatic nitrogens is 2. The van der Waals surface area contributed by atoms with E-state index in [2.05, 4.69) is 15.5 Å². The molecule has 1 aliphatic rings. The second-order valence-corrected chi connectivity index (χ2v) is 7.00. The number of rotatable bonds is 4. The maximum atomic E-state index is 11.9. The summed E-state index contributed by atoms with van der Waals surface area (Å²) in [5.74, 6) is 0.691. The van der Waals surface area contributed by atoms with Gasteiger partial charge in [0.05, 0.1) is 11.6 Å². The number of carbonyl (C=O) groups is 1. The number of hydrogen-bond acceptors (Lipinski definition) is 6. The molecule has 7 heteroatoms. The largest absolute Gasteiger partial charge is 0.388 e. The number of anilines is 1. The van der Waals surface area contributed by atoms with E-state index in [1.807, 2.05) is 65.6 Å². The van der Waals surface area contributed by atoms with Gasteiger partial charge >= 0.3 is 0 Å². The highest BCUT2D eigenvalue weighted by atomic mass is 16.5. The first kappa shape index (κ1) is 18.2. The van der Waals surface area contributed by atoms with E-state index in [1.54, 1.807) is 0 Å². The standard InChI is InChI=1S/C21H22N4O3/c1-15(26)23-21(17-10-6-3-7-11-17)12-13-25(14-18(21)27)20-22-19(28-24-20)16-8-4-2-5-9-16/h2-11,18,27H,12-14H2,1H3,(H,23,26)/t18-,21+/m1/s1. The summed E-state index contributed by atoms with van der Waals surface area (Å²) in [4.78, 5) is 18.2. The van der Waals surface area contributed by atoms with Gasteiger partial charge in [-0.3, -0.25) is 4.79 Å². The monoisotopic (exact) mass is 378 g/mol. The Morgan fingerprint density at radius 3 is 2.50 bits per heavy atom. The fourth-order valence-electron chi connectivity index (χ4n) is 3.76. The fourth-order valence-corrected chi connectivity index (χ4v) is 3.76. The number of nitrogens with zero attached hydrogens (tertiary/aromatic N) is 3. The minimum Gasteiger partial charge on any atom is -0.388 e. The van der Waals surface area contributed by atoms with E-state index in [0.717, 1.165) is 11.1 Å². The molecule has 2 heterocycles. The highest BCUT2D eigenvalue weighted by Gasteiger charge is 2.45. The molecule has 0 radical (unpaired) electrons. The third kappa shape index (κ3) is 3.36. The summed E-state index contributed by atoms with van der Waals surface area (Å²) in [6, 6.07) is 19.1. The van der Waals surface area contributed by atoms with Gasteiger partial charge < -0.3 is 19.8 Å². The normalized spacial score (nSPS) is 22.1. The molecule has 1 amide bonds. The first-order valence-corrected chi connectivity index (χ1v) is 9.25. The topological polar surface area (TPSA) is 91.5 Å². The van der Waals surface area contributed by atoms with Gasteiger partial charge in [-0.05, 0) is 29.3 Å². The molecular formula is C21H22N4O3.